The fraction of sp³-hybridized carbons (Fsp3) is 0.591. The lowest BCUT2D eigenvalue weighted by Gasteiger charge is -2.28. The summed E-state index contributed by atoms with van der Waals surface area (Å²) in [5, 5.41) is 18.7. The number of rotatable bonds is 10. The summed E-state index contributed by atoms with van der Waals surface area (Å²) in [4.78, 5) is 37.6. The molecule has 2 amide bonds. The van der Waals surface area contributed by atoms with Crippen LogP contribution >= 0.6 is 0 Å². The van der Waals surface area contributed by atoms with E-state index in [9.17, 15) is 19.5 Å². The van der Waals surface area contributed by atoms with E-state index >= 15 is 0 Å². The second-order valence-electron chi connectivity index (χ2n) is 8.24. The van der Waals surface area contributed by atoms with Crippen LogP contribution in [-0.2, 0) is 27.3 Å². The predicted octanol–water partition coefficient (Wildman–Crippen LogP) is 0.0153. The molecule has 1 aliphatic heterocycles. The fourth-order valence-electron chi connectivity index (χ4n) is 3.64. The largest absolute Gasteiger partial charge is 0.391 e. The van der Waals surface area contributed by atoms with Crippen molar-refractivity contribution in [1.29, 1.82) is 0 Å². The van der Waals surface area contributed by atoms with Crippen LogP contribution in [0.2, 0.25) is 0 Å². The molecule has 2 rings (SSSR count). The number of nitrogens with one attached hydrogen (secondary N) is 3. The Kier molecular flexibility index (Phi) is 8.95. The maximum atomic E-state index is 12.7. The van der Waals surface area contributed by atoms with Crippen LogP contribution in [0.25, 0.3) is 0 Å². The number of amides is 2. The summed E-state index contributed by atoms with van der Waals surface area (Å²) >= 11 is 0. The second kappa shape index (κ2) is 11.2. The molecule has 0 aromatic heterocycles. The van der Waals surface area contributed by atoms with E-state index in [1.807, 2.05) is 12.1 Å². The van der Waals surface area contributed by atoms with Crippen LogP contribution in [0, 0.1) is 5.92 Å². The van der Waals surface area contributed by atoms with Gasteiger partial charge in [-0.05, 0) is 37.4 Å². The zero-order chi connectivity index (χ0) is 22.3. The molecule has 30 heavy (non-hydrogen) atoms. The highest BCUT2D eigenvalue weighted by Gasteiger charge is 2.31. The van der Waals surface area contributed by atoms with Crippen molar-refractivity contribution in [2.75, 3.05) is 6.54 Å². The van der Waals surface area contributed by atoms with Gasteiger partial charge in [-0.3, -0.25) is 14.4 Å². The first-order valence-corrected chi connectivity index (χ1v) is 10.5. The van der Waals surface area contributed by atoms with E-state index in [1.54, 1.807) is 13.8 Å². The van der Waals surface area contributed by atoms with E-state index in [0.717, 1.165) is 6.42 Å². The number of aliphatic hydroxyl groups is 1. The van der Waals surface area contributed by atoms with Gasteiger partial charge in [-0.15, -0.1) is 0 Å². The van der Waals surface area contributed by atoms with E-state index in [1.165, 1.54) is 18.1 Å². The smallest absolute Gasteiger partial charge is 0.245 e. The minimum absolute atomic E-state index is 0.0508. The molecule has 4 atom stereocenters. The maximum absolute atomic E-state index is 12.7. The molecule has 0 fully saturated rings. The van der Waals surface area contributed by atoms with Crippen molar-refractivity contribution in [3.8, 4) is 0 Å². The van der Waals surface area contributed by atoms with Gasteiger partial charge in [0.1, 0.15) is 6.04 Å². The highest BCUT2D eigenvalue weighted by Crippen LogP contribution is 2.17. The third-order valence-electron chi connectivity index (χ3n) is 5.36. The number of carbonyl (C=O) groups excluding carboxylic acids is 3. The molecule has 1 aromatic rings. The van der Waals surface area contributed by atoms with Crippen molar-refractivity contribution in [2.45, 2.75) is 70.8 Å². The number of ketones is 1. The van der Waals surface area contributed by atoms with Crippen molar-refractivity contribution in [3.05, 3.63) is 35.4 Å². The van der Waals surface area contributed by atoms with Gasteiger partial charge in [0, 0.05) is 24.9 Å². The molecule has 0 radical (unpaired) electrons. The first-order chi connectivity index (χ1) is 14.2. The van der Waals surface area contributed by atoms with Crippen molar-refractivity contribution >= 4 is 17.6 Å². The zero-order valence-electron chi connectivity index (χ0n) is 18.0. The highest BCUT2D eigenvalue weighted by atomic mass is 16.3. The van der Waals surface area contributed by atoms with Crippen LogP contribution in [0.15, 0.2) is 24.3 Å². The Hall–Kier alpha value is -2.29. The number of hydrogen-bond donors (Lipinski definition) is 5. The van der Waals surface area contributed by atoms with Crippen LogP contribution in [0.4, 0.5) is 0 Å². The van der Waals surface area contributed by atoms with Crippen LogP contribution in [0.1, 0.15) is 44.7 Å². The SMILES string of the molecule is CC(C)C(=O)[C@H](CCN)NC(=O)[C@@H](NC(=O)C[C@@H]1Cc2ccccc2CN1)C(C)O. The normalized spacial score (nSPS) is 18.8. The zero-order valence-corrected chi connectivity index (χ0v) is 18.0. The molecule has 6 N–H and O–H groups in total. The third-order valence-corrected chi connectivity index (χ3v) is 5.36. The lowest BCUT2D eigenvalue weighted by molar-refractivity contribution is -0.134. The molecule has 1 aromatic carbocycles. The standard InChI is InChI=1S/C22H34N4O4/c1-13(2)21(29)18(8-9-23)25-22(30)20(14(3)27)26-19(28)11-17-10-15-6-4-5-7-16(15)12-24-17/h4-7,13-14,17-18,20,24,27H,8-12,23H2,1-3H3,(H,25,30)(H,26,28)/t14?,17-,18-,20-/m0/s1. The van der Waals surface area contributed by atoms with Gasteiger partial charge >= 0.3 is 0 Å². The molecule has 8 nitrogen and oxygen atoms in total. The highest BCUT2D eigenvalue weighted by molar-refractivity contribution is 5.93. The quantitative estimate of drug-likeness (QED) is 0.364. The topological polar surface area (TPSA) is 134 Å². The van der Waals surface area contributed by atoms with Gasteiger partial charge < -0.3 is 26.8 Å². The Labute approximate surface area is 178 Å². The van der Waals surface area contributed by atoms with Crippen LogP contribution in [0.3, 0.4) is 0 Å². The summed E-state index contributed by atoms with van der Waals surface area (Å²) in [5.74, 6) is -1.32. The van der Waals surface area contributed by atoms with E-state index in [2.05, 4.69) is 28.1 Å². The molecular weight excluding hydrogens is 384 g/mol. The van der Waals surface area contributed by atoms with Gasteiger partial charge in [0.25, 0.3) is 0 Å². The third kappa shape index (κ3) is 6.62. The van der Waals surface area contributed by atoms with Gasteiger partial charge in [0.15, 0.2) is 5.78 Å². The Morgan fingerprint density at radius 2 is 1.83 bits per heavy atom. The first-order valence-electron chi connectivity index (χ1n) is 10.5. The van der Waals surface area contributed by atoms with E-state index in [0.29, 0.717) is 13.0 Å². The van der Waals surface area contributed by atoms with Gasteiger partial charge in [0.2, 0.25) is 11.8 Å². The number of fused-ring (bicyclic) bond motifs is 1. The molecule has 0 saturated heterocycles. The number of carbonyl (C=O) groups is 3. The lowest BCUT2D eigenvalue weighted by Crippen LogP contribution is -2.57. The molecule has 0 bridgehead atoms. The Morgan fingerprint density at radius 3 is 2.43 bits per heavy atom. The average Bonchev–Trinajstić information content (AvgIpc) is 2.70. The minimum Gasteiger partial charge on any atom is -0.391 e. The van der Waals surface area contributed by atoms with Gasteiger partial charge in [-0.25, -0.2) is 0 Å². The van der Waals surface area contributed by atoms with E-state index < -0.39 is 24.1 Å². The maximum Gasteiger partial charge on any atom is 0.245 e. The molecule has 1 aliphatic rings. The Bertz CT molecular complexity index is 750. The van der Waals surface area contributed by atoms with Gasteiger partial charge in [-0.2, -0.15) is 0 Å². The minimum atomic E-state index is -1.14. The van der Waals surface area contributed by atoms with Crippen LogP contribution < -0.4 is 21.7 Å². The molecule has 166 valence electrons. The van der Waals surface area contributed by atoms with Crippen molar-refractivity contribution < 1.29 is 19.5 Å². The first kappa shape index (κ1) is 24.0. The van der Waals surface area contributed by atoms with Crippen molar-refractivity contribution in [2.24, 2.45) is 11.7 Å². The number of nitrogens with two attached hydrogens (primary N) is 1. The van der Waals surface area contributed by atoms with Crippen LogP contribution in [-0.4, -0.2) is 53.5 Å². The summed E-state index contributed by atoms with van der Waals surface area (Å²) in [6, 6.07) is 6.14. The monoisotopic (exact) mass is 418 g/mol. The summed E-state index contributed by atoms with van der Waals surface area (Å²) in [7, 11) is 0. The van der Waals surface area contributed by atoms with Gasteiger partial charge in [0.05, 0.1) is 12.1 Å². The number of hydrogen-bond acceptors (Lipinski definition) is 6. The summed E-state index contributed by atoms with van der Waals surface area (Å²) in [5.41, 5.74) is 7.99. The summed E-state index contributed by atoms with van der Waals surface area (Å²) in [6.45, 7) is 5.86. The van der Waals surface area contributed by atoms with E-state index in [4.69, 9.17) is 5.73 Å². The number of benzene rings is 1. The molecular formula is C22H34N4O4. The van der Waals surface area contributed by atoms with Crippen molar-refractivity contribution in [3.63, 3.8) is 0 Å². The number of Topliss-reactive ketones (excluding diaryl/α,β-unsaturated/α-hetero) is 1. The fourth-order valence-corrected chi connectivity index (χ4v) is 3.64. The molecule has 1 heterocycles. The van der Waals surface area contributed by atoms with Crippen molar-refractivity contribution in [1.82, 2.24) is 16.0 Å². The molecule has 1 unspecified atom stereocenters. The number of aliphatic hydroxyl groups excluding tert-OH is 1. The molecule has 0 spiro atoms. The summed E-state index contributed by atoms with van der Waals surface area (Å²) < 4.78 is 0. The predicted molar refractivity (Wildman–Crippen MR) is 114 cm³/mol. The summed E-state index contributed by atoms with van der Waals surface area (Å²) in [6.07, 6.45) is 0.0920. The van der Waals surface area contributed by atoms with Gasteiger partial charge in [-0.1, -0.05) is 38.1 Å². The molecule has 0 saturated carbocycles. The molecule has 0 aliphatic carbocycles. The van der Waals surface area contributed by atoms with E-state index in [-0.39, 0.29) is 36.6 Å². The Morgan fingerprint density at radius 1 is 1.17 bits per heavy atom. The average molecular weight is 419 g/mol. The second-order valence-corrected chi connectivity index (χ2v) is 8.24. The molecule has 8 heteroatoms. The lowest BCUT2D eigenvalue weighted by atomic mass is 9.94. The Balaban J connectivity index is 1.96. The van der Waals surface area contributed by atoms with Crippen LogP contribution in [0.5, 0.6) is 0 Å².